The van der Waals surface area contributed by atoms with E-state index in [-0.39, 0.29) is 17.5 Å². The van der Waals surface area contributed by atoms with Gasteiger partial charge in [-0.1, -0.05) is 84.9 Å². The molecule has 0 saturated carbocycles. The Morgan fingerprint density at radius 3 is 2.00 bits per heavy atom. The quantitative estimate of drug-likeness (QED) is 0.133. The molecule has 0 saturated heterocycles. The number of nitrogens with zero attached hydrogens (tertiary/aromatic N) is 2. The summed E-state index contributed by atoms with van der Waals surface area (Å²) in [6.07, 6.45) is 1.57. The van der Waals surface area contributed by atoms with Gasteiger partial charge in [-0.15, -0.1) is 5.10 Å². The van der Waals surface area contributed by atoms with Crippen LogP contribution in [0.2, 0.25) is 0 Å². The largest absolute Gasteiger partial charge is 0.488 e. The third kappa shape index (κ3) is 6.18. The summed E-state index contributed by atoms with van der Waals surface area (Å²) in [4.78, 5) is 24.8. The summed E-state index contributed by atoms with van der Waals surface area (Å²) >= 11 is 0. The Kier molecular flexibility index (Phi) is 8.12. The first-order chi connectivity index (χ1) is 17.7. The van der Waals surface area contributed by atoms with Crippen LogP contribution in [-0.4, -0.2) is 30.8 Å². The minimum atomic E-state index is -0.384. The Morgan fingerprint density at radius 2 is 1.33 bits per heavy atom. The van der Waals surface area contributed by atoms with Crippen molar-refractivity contribution < 1.29 is 19.1 Å². The van der Waals surface area contributed by atoms with E-state index in [1.807, 2.05) is 84.9 Å². The van der Waals surface area contributed by atoms with Gasteiger partial charge in [0.15, 0.2) is 0 Å². The summed E-state index contributed by atoms with van der Waals surface area (Å²) in [5, 5.41) is 8.53. The lowest BCUT2D eigenvalue weighted by atomic mass is 10.0. The summed E-state index contributed by atoms with van der Waals surface area (Å²) in [7, 11) is 1.35. The van der Waals surface area contributed by atoms with E-state index in [4.69, 9.17) is 9.47 Å². The molecule has 0 bridgehead atoms. The van der Waals surface area contributed by atoms with Gasteiger partial charge in [0, 0.05) is 16.7 Å². The van der Waals surface area contributed by atoms with E-state index >= 15 is 0 Å². The minimum absolute atomic E-state index is 0.209. The number of esters is 1. The summed E-state index contributed by atoms with van der Waals surface area (Å²) in [5.74, 6) is 0.0215. The molecule has 0 aliphatic carbocycles. The van der Waals surface area contributed by atoms with Crippen molar-refractivity contribution in [3.05, 3.63) is 137 Å². The standard InChI is InChI=1S/C30H24N2O4/c1-35-30(34)25-18-16-22(17-19-25)21-36-27-15-9-8-14-26(27)20-31-32-28(23-10-4-2-5-11-23)29(33)24-12-6-3-7-13-24/h2-20H,21H2,1H3/b31-20-,32-28-. The lowest BCUT2D eigenvalue weighted by Gasteiger charge is -2.09. The molecule has 0 amide bonds. The topological polar surface area (TPSA) is 77.3 Å². The van der Waals surface area contributed by atoms with Crippen molar-refractivity contribution in [1.82, 2.24) is 0 Å². The van der Waals surface area contributed by atoms with Crippen LogP contribution in [0.15, 0.2) is 119 Å². The lowest BCUT2D eigenvalue weighted by Crippen LogP contribution is -2.15. The Balaban J connectivity index is 1.53. The monoisotopic (exact) mass is 476 g/mol. The number of methoxy groups -OCH3 is 1. The lowest BCUT2D eigenvalue weighted by molar-refractivity contribution is 0.0600. The number of hydrogen-bond donors (Lipinski definition) is 0. The number of carbonyl (C=O) groups excluding carboxylic acids is 2. The third-order valence-corrected chi connectivity index (χ3v) is 5.34. The van der Waals surface area contributed by atoms with E-state index in [1.54, 1.807) is 30.5 Å². The van der Waals surface area contributed by atoms with E-state index in [0.717, 1.165) is 5.56 Å². The van der Waals surface area contributed by atoms with Crippen molar-refractivity contribution >= 4 is 23.7 Å². The van der Waals surface area contributed by atoms with Crippen LogP contribution >= 0.6 is 0 Å². The average Bonchev–Trinajstić information content (AvgIpc) is 2.95. The predicted molar refractivity (Wildman–Crippen MR) is 140 cm³/mol. The van der Waals surface area contributed by atoms with Gasteiger partial charge in [0.2, 0.25) is 5.78 Å². The van der Waals surface area contributed by atoms with E-state index in [0.29, 0.717) is 34.6 Å². The van der Waals surface area contributed by atoms with E-state index < -0.39 is 0 Å². The third-order valence-electron chi connectivity index (χ3n) is 5.34. The molecule has 0 aromatic heterocycles. The number of rotatable bonds is 9. The van der Waals surface area contributed by atoms with Crippen LogP contribution in [0, 0.1) is 0 Å². The molecule has 0 fully saturated rings. The number of para-hydroxylation sites is 1. The molecule has 0 radical (unpaired) electrons. The highest BCUT2D eigenvalue weighted by Crippen LogP contribution is 2.18. The summed E-state index contributed by atoms with van der Waals surface area (Å²) in [6.45, 7) is 0.303. The van der Waals surface area contributed by atoms with Crippen molar-refractivity contribution in [1.29, 1.82) is 0 Å². The number of ether oxygens (including phenoxy) is 2. The molecule has 6 nitrogen and oxygen atoms in total. The van der Waals surface area contributed by atoms with Gasteiger partial charge in [0.05, 0.1) is 18.9 Å². The zero-order valence-electron chi connectivity index (χ0n) is 19.7. The normalized spacial score (nSPS) is 11.3. The second-order valence-electron chi connectivity index (χ2n) is 7.77. The highest BCUT2D eigenvalue weighted by Gasteiger charge is 2.16. The zero-order valence-corrected chi connectivity index (χ0v) is 19.7. The average molecular weight is 477 g/mol. The van der Waals surface area contributed by atoms with E-state index in [1.165, 1.54) is 7.11 Å². The fourth-order valence-electron chi connectivity index (χ4n) is 3.44. The van der Waals surface area contributed by atoms with Crippen LogP contribution < -0.4 is 4.74 Å². The summed E-state index contributed by atoms with van der Waals surface area (Å²) < 4.78 is 10.7. The maximum Gasteiger partial charge on any atom is 0.337 e. The molecule has 178 valence electrons. The van der Waals surface area contributed by atoms with Gasteiger partial charge in [-0.25, -0.2) is 4.79 Å². The first kappa shape index (κ1) is 24.3. The number of carbonyl (C=O) groups is 2. The maximum absolute atomic E-state index is 13.1. The molecular weight excluding hydrogens is 452 g/mol. The fourth-order valence-corrected chi connectivity index (χ4v) is 3.44. The van der Waals surface area contributed by atoms with E-state index in [2.05, 4.69) is 10.2 Å². The van der Waals surface area contributed by atoms with Gasteiger partial charge < -0.3 is 9.47 Å². The summed E-state index contributed by atoms with van der Waals surface area (Å²) in [6, 6.07) is 32.7. The van der Waals surface area contributed by atoms with Crippen LogP contribution in [0.4, 0.5) is 0 Å². The van der Waals surface area contributed by atoms with Crippen molar-refractivity contribution in [2.24, 2.45) is 10.2 Å². The van der Waals surface area contributed by atoms with Gasteiger partial charge in [0.25, 0.3) is 0 Å². The second-order valence-corrected chi connectivity index (χ2v) is 7.77. The molecule has 4 aromatic carbocycles. The van der Waals surface area contributed by atoms with Crippen molar-refractivity contribution in [2.45, 2.75) is 6.61 Å². The molecule has 0 aliphatic rings. The number of ketones is 1. The SMILES string of the molecule is COC(=O)c1ccc(COc2ccccc2/C=N\N=C(/C(=O)c2ccccc2)c2ccccc2)cc1. The van der Waals surface area contributed by atoms with Crippen molar-refractivity contribution in [2.75, 3.05) is 7.11 Å². The summed E-state index contributed by atoms with van der Waals surface area (Å²) in [5.41, 5.74) is 3.56. The Morgan fingerprint density at radius 1 is 0.722 bits per heavy atom. The molecular formula is C30H24N2O4. The molecule has 0 heterocycles. The molecule has 0 aliphatic heterocycles. The van der Waals surface area contributed by atoms with Crippen molar-refractivity contribution in [3.8, 4) is 5.75 Å². The van der Waals surface area contributed by atoms with Gasteiger partial charge >= 0.3 is 5.97 Å². The Labute approximate surface area is 209 Å². The molecule has 36 heavy (non-hydrogen) atoms. The highest BCUT2D eigenvalue weighted by molar-refractivity contribution is 6.51. The smallest absolute Gasteiger partial charge is 0.337 e. The van der Waals surface area contributed by atoms with Crippen LogP contribution in [0.5, 0.6) is 5.75 Å². The first-order valence-corrected chi connectivity index (χ1v) is 11.3. The van der Waals surface area contributed by atoms with Crippen LogP contribution in [0.25, 0.3) is 0 Å². The fraction of sp³-hybridized carbons (Fsp3) is 0.0667. The number of hydrogen-bond acceptors (Lipinski definition) is 6. The second kappa shape index (κ2) is 12.0. The molecule has 4 aromatic rings. The Bertz CT molecular complexity index is 1380. The van der Waals surface area contributed by atoms with Gasteiger partial charge in [-0.3, -0.25) is 4.79 Å². The first-order valence-electron chi connectivity index (χ1n) is 11.3. The molecule has 0 spiro atoms. The zero-order chi connectivity index (χ0) is 25.2. The number of Topliss-reactive ketones (excluding diaryl/α,β-unsaturated/α-hetero) is 1. The number of benzene rings is 4. The van der Waals surface area contributed by atoms with Crippen molar-refractivity contribution in [3.63, 3.8) is 0 Å². The minimum Gasteiger partial charge on any atom is -0.488 e. The molecule has 0 unspecified atom stereocenters. The van der Waals surface area contributed by atoms with Gasteiger partial charge in [0.1, 0.15) is 18.1 Å². The van der Waals surface area contributed by atoms with Crippen LogP contribution in [-0.2, 0) is 11.3 Å². The maximum atomic E-state index is 13.1. The Hall–Kier alpha value is -4.84. The van der Waals surface area contributed by atoms with E-state index in [9.17, 15) is 9.59 Å². The van der Waals surface area contributed by atoms with Gasteiger partial charge in [-0.2, -0.15) is 5.10 Å². The van der Waals surface area contributed by atoms with Crippen LogP contribution in [0.1, 0.15) is 37.4 Å². The predicted octanol–water partition coefficient (Wildman–Crippen LogP) is 5.76. The molecule has 6 heteroatoms. The molecule has 4 rings (SSSR count). The molecule has 0 N–H and O–H groups in total. The van der Waals surface area contributed by atoms with Crippen LogP contribution in [0.3, 0.4) is 0 Å². The van der Waals surface area contributed by atoms with Gasteiger partial charge in [-0.05, 0) is 29.8 Å². The highest BCUT2D eigenvalue weighted by atomic mass is 16.5. The molecule has 0 atom stereocenters.